The maximum atomic E-state index is 6.14. The summed E-state index contributed by atoms with van der Waals surface area (Å²) in [5, 5.41) is 11.8. The third-order valence-electron chi connectivity index (χ3n) is 3.94. The largest absolute Gasteiger partial charge is 0.495 e. The lowest BCUT2D eigenvalue weighted by molar-refractivity contribution is 0.415. The van der Waals surface area contributed by atoms with Gasteiger partial charge in [-0.1, -0.05) is 18.5 Å². The molecule has 0 aliphatic carbocycles. The normalized spacial score (nSPS) is 17.9. The number of anilines is 3. The minimum Gasteiger partial charge on any atom is -0.495 e. The molecule has 2 aromatic rings. The molecule has 1 N–H and O–H groups in total. The molecule has 1 aliphatic rings. The molecule has 1 aliphatic heterocycles. The maximum Gasteiger partial charge on any atom is 0.249 e. The second kappa shape index (κ2) is 7.00. The number of halogens is 1. The molecule has 7 heteroatoms. The van der Waals surface area contributed by atoms with Crippen molar-refractivity contribution in [3.05, 3.63) is 29.4 Å². The van der Waals surface area contributed by atoms with Gasteiger partial charge in [-0.25, -0.2) is 0 Å². The SMILES string of the molecule is COc1ccc(Nc2nncc(N3CCCC(C)C3)n2)cc1Cl. The lowest BCUT2D eigenvalue weighted by atomic mass is 10.0. The molecular weight excluding hydrogens is 314 g/mol. The van der Waals surface area contributed by atoms with Crippen molar-refractivity contribution in [3.8, 4) is 5.75 Å². The van der Waals surface area contributed by atoms with Crippen molar-refractivity contribution >= 4 is 29.1 Å². The second-order valence-corrected chi connectivity index (χ2v) is 6.21. The third-order valence-corrected chi connectivity index (χ3v) is 4.23. The van der Waals surface area contributed by atoms with E-state index in [1.807, 2.05) is 6.07 Å². The third kappa shape index (κ3) is 3.82. The molecule has 3 rings (SSSR count). The van der Waals surface area contributed by atoms with Crippen LogP contribution in [-0.2, 0) is 0 Å². The zero-order chi connectivity index (χ0) is 16.2. The fourth-order valence-electron chi connectivity index (χ4n) is 2.77. The molecule has 1 aromatic carbocycles. The number of hydrogen-bond acceptors (Lipinski definition) is 6. The van der Waals surface area contributed by atoms with Crippen molar-refractivity contribution in [1.82, 2.24) is 15.2 Å². The first-order chi connectivity index (χ1) is 11.2. The van der Waals surface area contributed by atoms with E-state index in [0.29, 0.717) is 22.6 Å². The van der Waals surface area contributed by atoms with E-state index in [4.69, 9.17) is 16.3 Å². The summed E-state index contributed by atoms with van der Waals surface area (Å²) in [5.41, 5.74) is 0.793. The molecule has 0 radical (unpaired) electrons. The van der Waals surface area contributed by atoms with Gasteiger partial charge in [0.05, 0.1) is 18.3 Å². The van der Waals surface area contributed by atoms with Crippen LogP contribution < -0.4 is 15.0 Å². The monoisotopic (exact) mass is 333 g/mol. The Morgan fingerprint density at radius 2 is 2.26 bits per heavy atom. The van der Waals surface area contributed by atoms with Crippen molar-refractivity contribution in [3.63, 3.8) is 0 Å². The number of hydrogen-bond donors (Lipinski definition) is 1. The van der Waals surface area contributed by atoms with Crippen LogP contribution in [0.5, 0.6) is 5.75 Å². The molecule has 1 fully saturated rings. The molecule has 6 nitrogen and oxygen atoms in total. The zero-order valence-electron chi connectivity index (χ0n) is 13.3. The lowest BCUT2D eigenvalue weighted by Gasteiger charge is -2.31. The number of nitrogens with one attached hydrogen (secondary N) is 1. The van der Waals surface area contributed by atoms with E-state index in [9.17, 15) is 0 Å². The second-order valence-electron chi connectivity index (χ2n) is 5.81. The first-order valence-electron chi connectivity index (χ1n) is 7.71. The summed E-state index contributed by atoms with van der Waals surface area (Å²) in [6.45, 7) is 4.28. The Kier molecular flexibility index (Phi) is 4.81. The summed E-state index contributed by atoms with van der Waals surface area (Å²) in [6, 6.07) is 5.44. The van der Waals surface area contributed by atoms with Crippen LogP contribution in [0.2, 0.25) is 5.02 Å². The number of aromatic nitrogens is 3. The van der Waals surface area contributed by atoms with Gasteiger partial charge in [0, 0.05) is 18.8 Å². The maximum absolute atomic E-state index is 6.14. The summed E-state index contributed by atoms with van der Waals surface area (Å²) >= 11 is 6.14. The highest BCUT2D eigenvalue weighted by Gasteiger charge is 2.18. The summed E-state index contributed by atoms with van der Waals surface area (Å²) in [4.78, 5) is 6.82. The number of benzene rings is 1. The molecule has 0 amide bonds. The smallest absolute Gasteiger partial charge is 0.249 e. The molecule has 122 valence electrons. The number of piperidine rings is 1. The van der Waals surface area contributed by atoms with Crippen LogP contribution >= 0.6 is 11.6 Å². The summed E-state index contributed by atoms with van der Waals surface area (Å²) in [7, 11) is 1.59. The van der Waals surface area contributed by atoms with E-state index in [0.717, 1.165) is 24.6 Å². The minimum absolute atomic E-state index is 0.460. The number of ether oxygens (including phenoxy) is 1. The highest BCUT2D eigenvalue weighted by Crippen LogP contribution is 2.28. The average molecular weight is 334 g/mol. The van der Waals surface area contributed by atoms with Crippen LogP contribution in [0.25, 0.3) is 0 Å². The van der Waals surface area contributed by atoms with Crippen molar-refractivity contribution in [2.45, 2.75) is 19.8 Å². The van der Waals surface area contributed by atoms with Gasteiger partial charge in [0.1, 0.15) is 5.75 Å². The van der Waals surface area contributed by atoms with E-state index < -0.39 is 0 Å². The first-order valence-corrected chi connectivity index (χ1v) is 8.08. The van der Waals surface area contributed by atoms with E-state index in [1.165, 1.54) is 12.8 Å². The highest BCUT2D eigenvalue weighted by molar-refractivity contribution is 6.32. The van der Waals surface area contributed by atoms with Crippen LogP contribution in [0.3, 0.4) is 0 Å². The van der Waals surface area contributed by atoms with Crippen LogP contribution in [-0.4, -0.2) is 35.4 Å². The van der Waals surface area contributed by atoms with Gasteiger partial charge in [-0.05, 0) is 37.0 Å². The van der Waals surface area contributed by atoms with Gasteiger partial charge in [0.2, 0.25) is 5.95 Å². The standard InChI is InChI=1S/C16H20ClN5O/c1-11-4-3-7-22(10-11)15-9-18-21-16(20-15)19-12-5-6-14(23-2)13(17)8-12/h5-6,8-9,11H,3-4,7,10H2,1-2H3,(H,19,20,21). The predicted octanol–water partition coefficient (Wildman–Crippen LogP) is 3.51. The number of methoxy groups -OCH3 is 1. The molecule has 1 aromatic heterocycles. The Morgan fingerprint density at radius 1 is 1.39 bits per heavy atom. The van der Waals surface area contributed by atoms with Gasteiger partial charge < -0.3 is 15.0 Å². The topological polar surface area (TPSA) is 63.2 Å². The van der Waals surface area contributed by atoms with Gasteiger partial charge >= 0.3 is 0 Å². The van der Waals surface area contributed by atoms with Gasteiger partial charge in [0.25, 0.3) is 0 Å². The van der Waals surface area contributed by atoms with E-state index in [1.54, 1.807) is 25.4 Å². The molecule has 1 saturated heterocycles. The average Bonchev–Trinajstić information content (AvgIpc) is 2.55. The van der Waals surface area contributed by atoms with Crippen molar-refractivity contribution in [2.24, 2.45) is 5.92 Å². The van der Waals surface area contributed by atoms with E-state index in [-0.39, 0.29) is 0 Å². The molecule has 0 spiro atoms. The van der Waals surface area contributed by atoms with E-state index >= 15 is 0 Å². The minimum atomic E-state index is 0.460. The van der Waals surface area contributed by atoms with Crippen LogP contribution in [0.15, 0.2) is 24.4 Å². The van der Waals surface area contributed by atoms with Gasteiger partial charge in [0.15, 0.2) is 5.82 Å². The Balaban J connectivity index is 1.76. The Bertz CT molecular complexity index is 681. The fraction of sp³-hybridized carbons (Fsp3) is 0.438. The van der Waals surface area contributed by atoms with Crippen molar-refractivity contribution in [1.29, 1.82) is 0 Å². The molecule has 0 saturated carbocycles. The van der Waals surface area contributed by atoms with E-state index in [2.05, 4.69) is 32.3 Å². The van der Waals surface area contributed by atoms with Gasteiger partial charge in [-0.2, -0.15) is 10.1 Å². The Morgan fingerprint density at radius 3 is 3.00 bits per heavy atom. The first kappa shape index (κ1) is 15.8. The number of rotatable bonds is 4. The Hall–Kier alpha value is -2.08. The van der Waals surface area contributed by atoms with Crippen LogP contribution in [0.4, 0.5) is 17.5 Å². The van der Waals surface area contributed by atoms with Crippen LogP contribution in [0, 0.1) is 5.92 Å². The molecule has 23 heavy (non-hydrogen) atoms. The van der Waals surface area contributed by atoms with Crippen LogP contribution in [0.1, 0.15) is 19.8 Å². The molecule has 2 heterocycles. The summed E-state index contributed by atoms with van der Waals surface area (Å²) in [6.07, 6.45) is 4.16. The predicted molar refractivity (Wildman–Crippen MR) is 91.7 cm³/mol. The van der Waals surface area contributed by atoms with Gasteiger partial charge in [-0.3, -0.25) is 0 Å². The molecule has 1 unspecified atom stereocenters. The summed E-state index contributed by atoms with van der Waals surface area (Å²) < 4.78 is 5.15. The quantitative estimate of drug-likeness (QED) is 0.923. The van der Waals surface area contributed by atoms with Crippen molar-refractivity contribution in [2.75, 3.05) is 30.4 Å². The zero-order valence-corrected chi connectivity index (χ0v) is 14.0. The Labute approximate surface area is 140 Å². The summed E-state index contributed by atoms with van der Waals surface area (Å²) in [5.74, 6) is 2.62. The fourth-order valence-corrected chi connectivity index (χ4v) is 3.03. The lowest BCUT2D eigenvalue weighted by Crippen LogP contribution is -2.35. The molecular formula is C16H20ClN5O. The highest BCUT2D eigenvalue weighted by atomic mass is 35.5. The van der Waals surface area contributed by atoms with Crippen molar-refractivity contribution < 1.29 is 4.74 Å². The van der Waals surface area contributed by atoms with Gasteiger partial charge in [-0.15, -0.1) is 5.10 Å². The molecule has 1 atom stereocenters. The number of nitrogens with zero attached hydrogens (tertiary/aromatic N) is 4. The molecule has 0 bridgehead atoms.